The Hall–Kier alpha value is -2.43. The average Bonchev–Trinajstić information content (AvgIpc) is 3.05. The van der Waals surface area contributed by atoms with Gasteiger partial charge in [0.1, 0.15) is 0 Å². The molecule has 0 aliphatic heterocycles. The molecule has 0 unspecified atom stereocenters. The molecule has 1 heterocycles. The van der Waals surface area contributed by atoms with Gasteiger partial charge in [-0.1, -0.05) is 31.3 Å². The maximum Gasteiger partial charge on any atom is 0.243 e. The fourth-order valence-electron chi connectivity index (χ4n) is 1.91. The summed E-state index contributed by atoms with van der Waals surface area (Å²) in [5.41, 5.74) is 2.32. The second-order valence-corrected chi connectivity index (χ2v) is 4.93. The van der Waals surface area contributed by atoms with Crippen molar-refractivity contribution in [1.29, 1.82) is 0 Å². The van der Waals surface area contributed by atoms with E-state index in [1.807, 2.05) is 6.08 Å². The number of allylic oxidation sites excluding steroid dienone is 2. The van der Waals surface area contributed by atoms with E-state index in [2.05, 4.69) is 40.1 Å². The van der Waals surface area contributed by atoms with Gasteiger partial charge in [0.25, 0.3) is 0 Å². The van der Waals surface area contributed by atoms with Crippen molar-refractivity contribution < 1.29 is 14.0 Å². The van der Waals surface area contributed by atoms with Gasteiger partial charge in [0.15, 0.2) is 5.76 Å². The standard InChI is InChI=1S/C19H23NO3/c1-22-20-19(21)16-12-10-8-6-4-2-3-5-7-9-11-14-18-15-13-17-23-18/h3,5,13,15,17H,2,4,6,8,10,12,16H2,1H3,(H,20,21)/b5-3-. The molecule has 1 rings (SSSR count). The average molecular weight is 313 g/mol. The Morgan fingerprint density at radius 2 is 2.09 bits per heavy atom. The lowest BCUT2D eigenvalue weighted by atomic mass is 10.1. The van der Waals surface area contributed by atoms with Crippen molar-refractivity contribution in [2.24, 2.45) is 0 Å². The summed E-state index contributed by atoms with van der Waals surface area (Å²) < 4.78 is 5.07. The molecule has 1 aromatic rings. The summed E-state index contributed by atoms with van der Waals surface area (Å²) in [5.74, 6) is 11.8. The van der Waals surface area contributed by atoms with Crippen LogP contribution in [0.1, 0.15) is 50.7 Å². The monoisotopic (exact) mass is 313 g/mol. The number of carbonyl (C=O) groups is 1. The highest BCUT2D eigenvalue weighted by Crippen LogP contribution is 2.07. The summed E-state index contributed by atoms with van der Waals surface area (Å²) in [5, 5.41) is 0. The zero-order valence-corrected chi connectivity index (χ0v) is 13.6. The minimum Gasteiger partial charge on any atom is -0.456 e. The first-order valence-corrected chi connectivity index (χ1v) is 7.85. The van der Waals surface area contributed by atoms with Crippen LogP contribution in [0.15, 0.2) is 35.0 Å². The summed E-state index contributed by atoms with van der Waals surface area (Å²) in [6, 6.07) is 3.60. The summed E-state index contributed by atoms with van der Waals surface area (Å²) in [6.45, 7) is 0. The minimum absolute atomic E-state index is 0.0517. The number of hydroxylamine groups is 1. The summed E-state index contributed by atoms with van der Waals surface area (Å²) in [6.07, 6.45) is 12.5. The topological polar surface area (TPSA) is 51.5 Å². The van der Waals surface area contributed by atoms with Crippen LogP contribution in [0, 0.1) is 23.7 Å². The van der Waals surface area contributed by atoms with Gasteiger partial charge in [-0.3, -0.25) is 9.63 Å². The molecule has 0 fully saturated rings. The number of rotatable bonds is 9. The fourth-order valence-corrected chi connectivity index (χ4v) is 1.91. The van der Waals surface area contributed by atoms with E-state index in [0.717, 1.165) is 32.1 Å². The first kappa shape index (κ1) is 18.6. The van der Waals surface area contributed by atoms with Gasteiger partial charge in [-0.2, -0.15) is 0 Å². The second-order valence-electron chi connectivity index (χ2n) is 4.93. The summed E-state index contributed by atoms with van der Waals surface area (Å²) >= 11 is 0. The number of hydrogen-bond donors (Lipinski definition) is 1. The normalized spacial score (nSPS) is 9.78. The van der Waals surface area contributed by atoms with Crippen molar-refractivity contribution >= 4 is 5.91 Å². The molecule has 1 aromatic heterocycles. The van der Waals surface area contributed by atoms with Gasteiger partial charge in [0.05, 0.1) is 13.4 Å². The number of nitrogens with one attached hydrogen (secondary N) is 1. The third kappa shape index (κ3) is 10.9. The highest BCUT2D eigenvalue weighted by atomic mass is 16.6. The molecule has 0 aliphatic rings. The Bertz CT molecular complexity index is 580. The highest BCUT2D eigenvalue weighted by Gasteiger charge is 1.98. The van der Waals surface area contributed by atoms with Gasteiger partial charge in [-0.15, -0.1) is 0 Å². The van der Waals surface area contributed by atoms with E-state index >= 15 is 0 Å². The van der Waals surface area contributed by atoms with Crippen LogP contribution in [0.3, 0.4) is 0 Å². The number of hydrogen-bond acceptors (Lipinski definition) is 3. The quantitative estimate of drug-likeness (QED) is 0.430. The predicted molar refractivity (Wildman–Crippen MR) is 90.0 cm³/mol. The van der Waals surface area contributed by atoms with Gasteiger partial charge < -0.3 is 4.42 Å². The Balaban J connectivity index is 1.96. The first-order valence-electron chi connectivity index (χ1n) is 7.85. The van der Waals surface area contributed by atoms with E-state index in [-0.39, 0.29) is 5.91 Å². The Labute approximate surface area is 138 Å². The molecule has 0 saturated carbocycles. The van der Waals surface area contributed by atoms with E-state index in [1.165, 1.54) is 13.5 Å². The molecule has 122 valence electrons. The Morgan fingerprint density at radius 1 is 1.26 bits per heavy atom. The van der Waals surface area contributed by atoms with Crippen LogP contribution >= 0.6 is 0 Å². The molecule has 0 spiro atoms. The predicted octanol–water partition coefficient (Wildman–Crippen LogP) is 3.60. The molecule has 0 radical (unpaired) electrons. The summed E-state index contributed by atoms with van der Waals surface area (Å²) in [4.78, 5) is 15.7. The molecule has 23 heavy (non-hydrogen) atoms. The van der Waals surface area contributed by atoms with E-state index in [1.54, 1.807) is 18.4 Å². The largest absolute Gasteiger partial charge is 0.456 e. The zero-order chi connectivity index (χ0) is 16.6. The number of furan rings is 1. The van der Waals surface area contributed by atoms with Crippen molar-refractivity contribution in [2.75, 3.05) is 7.11 Å². The van der Waals surface area contributed by atoms with Crippen LogP contribution in [-0.2, 0) is 9.63 Å². The Morgan fingerprint density at radius 3 is 2.87 bits per heavy atom. The van der Waals surface area contributed by atoms with Crippen LogP contribution in [0.5, 0.6) is 0 Å². The van der Waals surface area contributed by atoms with Crippen LogP contribution in [0.4, 0.5) is 0 Å². The summed E-state index contributed by atoms with van der Waals surface area (Å²) in [7, 11) is 1.45. The lowest BCUT2D eigenvalue weighted by Crippen LogP contribution is -2.21. The SMILES string of the molecule is CONC(=O)CCCCCCC/C=C\C#CC#Cc1ccco1. The van der Waals surface area contributed by atoms with Crippen molar-refractivity contribution in [1.82, 2.24) is 5.48 Å². The van der Waals surface area contributed by atoms with Crippen molar-refractivity contribution in [3.63, 3.8) is 0 Å². The molecule has 1 N–H and O–H groups in total. The molecular weight excluding hydrogens is 290 g/mol. The molecular formula is C19H23NO3. The van der Waals surface area contributed by atoms with Crippen LogP contribution in [-0.4, -0.2) is 13.0 Å². The minimum atomic E-state index is -0.0517. The third-order valence-corrected chi connectivity index (χ3v) is 3.03. The van der Waals surface area contributed by atoms with Crippen molar-refractivity contribution in [3.05, 3.63) is 36.3 Å². The van der Waals surface area contributed by atoms with Crippen molar-refractivity contribution in [3.8, 4) is 23.7 Å². The van der Waals surface area contributed by atoms with E-state index < -0.39 is 0 Å². The molecule has 4 heteroatoms. The zero-order valence-electron chi connectivity index (χ0n) is 13.6. The molecule has 0 saturated heterocycles. The maximum atomic E-state index is 11.1. The van der Waals surface area contributed by atoms with Crippen LogP contribution < -0.4 is 5.48 Å². The molecule has 0 aromatic carbocycles. The lowest BCUT2D eigenvalue weighted by Gasteiger charge is -2.01. The van der Waals surface area contributed by atoms with Gasteiger partial charge >= 0.3 is 0 Å². The molecule has 1 amide bonds. The van der Waals surface area contributed by atoms with E-state index in [4.69, 9.17) is 4.42 Å². The maximum absolute atomic E-state index is 11.1. The van der Waals surface area contributed by atoms with E-state index in [9.17, 15) is 4.79 Å². The van der Waals surface area contributed by atoms with Gasteiger partial charge in [-0.25, -0.2) is 5.48 Å². The Kier molecular flexibility index (Phi) is 10.7. The number of unbranched alkanes of at least 4 members (excludes halogenated alkanes) is 5. The lowest BCUT2D eigenvalue weighted by molar-refractivity contribution is -0.131. The van der Waals surface area contributed by atoms with Gasteiger partial charge in [-0.05, 0) is 55.2 Å². The second kappa shape index (κ2) is 13.2. The third-order valence-electron chi connectivity index (χ3n) is 3.03. The number of amides is 1. The van der Waals surface area contributed by atoms with Crippen molar-refractivity contribution in [2.45, 2.75) is 44.9 Å². The van der Waals surface area contributed by atoms with E-state index in [0.29, 0.717) is 12.2 Å². The smallest absolute Gasteiger partial charge is 0.243 e. The number of carbonyl (C=O) groups excluding carboxylic acids is 1. The van der Waals surface area contributed by atoms with Crippen LogP contribution in [0.2, 0.25) is 0 Å². The first-order chi connectivity index (χ1) is 11.3. The van der Waals surface area contributed by atoms with Crippen LogP contribution in [0.25, 0.3) is 0 Å². The molecule has 0 aliphatic carbocycles. The van der Waals surface area contributed by atoms with Gasteiger partial charge in [0.2, 0.25) is 5.91 Å². The molecule has 4 nitrogen and oxygen atoms in total. The van der Waals surface area contributed by atoms with Gasteiger partial charge in [0, 0.05) is 6.42 Å². The fraction of sp³-hybridized carbons (Fsp3) is 0.421. The molecule has 0 bridgehead atoms. The molecule has 0 atom stereocenters. The highest BCUT2D eigenvalue weighted by molar-refractivity contribution is 5.74.